The van der Waals surface area contributed by atoms with E-state index in [0.717, 1.165) is 11.3 Å². The highest BCUT2D eigenvalue weighted by Gasteiger charge is 2.15. The number of methoxy groups -OCH3 is 2. The van der Waals surface area contributed by atoms with Crippen LogP contribution in [0.4, 0.5) is 0 Å². The maximum Gasteiger partial charge on any atom is 0.342 e. The second kappa shape index (κ2) is 9.68. The van der Waals surface area contributed by atoms with Crippen molar-refractivity contribution >= 4 is 23.5 Å². The number of hydrogen-bond acceptors (Lipinski definition) is 5. The lowest BCUT2D eigenvalue weighted by Gasteiger charge is -2.10. The molecule has 26 heavy (non-hydrogen) atoms. The Morgan fingerprint density at radius 1 is 1.04 bits per heavy atom. The average Bonchev–Trinajstić information content (AvgIpc) is 2.66. The van der Waals surface area contributed by atoms with E-state index in [1.165, 1.54) is 13.2 Å². The summed E-state index contributed by atoms with van der Waals surface area (Å²) in [5.41, 5.74) is 1.23. The highest BCUT2D eigenvalue weighted by atomic mass is 35.5. The van der Waals surface area contributed by atoms with E-state index in [0.29, 0.717) is 23.7 Å². The van der Waals surface area contributed by atoms with Crippen LogP contribution in [-0.4, -0.2) is 39.2 Å². The largest absolute Gasteiger partial charge is 0.497 e. The number of nitrogens with one attached hydrogen (secondary N) is 1. The highest BCUT2D eigenvalue weighted by molar-refractivity contribution is 6.31. The maximum absolute atomic E-state index is 12.1. The van der Waals surface area contributed by atoms with E-state index in [1.54, 1.807) is 19.2 Å². The first-order chi connectivity index (χ1) is 12.5. The van der Waals surface area contributed by atoms with Crippen LogP contribution in [0.1, 0.15) is 15.9 Å². The molecule has 0 bridgehead atoms. The van der Waals surface area contributed by atoms with Crippen LogP contribution in [0.25, 0.3) is 0 Å². The van der Waals surface area contributed by atoms with Gasteiger partial charge in [0.25, 0.3) is 5.91 Å². The fourth-order valence-corrected chi connectivity index (χ4v) is 2.41. The molecule has 0 atom stereocenters. The molecule has 138 valence electrons. The standard InChI is InChI=1S/C19H20ClNO5/c1-24-15-6-3-13(4-7-15)9-10-21-18(22)12-26-19(23)16-11-14(20)5-8-17(16)25-2/h3-8,11H,9-10,12H2,1-2H3,(H,21,22). The van der Waals surface area contributed by atoms with Crippen molar-refractivity contribution < 1.29 is 23.8 Å². The lowest BCUT2D eigenvalue weighted by Crippen LogP contribution is -2.30. The number of hydrogen-bond donors (Lipinski definition) is 1. The minimum Gasteiger partial charge on any atom is -0.497 e. The summed E-state index contributed by atoms with van der Waals surface area (Å²) in [6, 6.07) is 12.2. The first-order valence-electron chi connectivity index (χ1n) is 7.93. The Labute approximate surface area is 157 Å². The van der Waals surface area contributed by atoms with Crippen molar-refractivity contribution in [3.63, 3.8) is 0 Å². The second-order valence-corrected chi connectivity index (χ2v) is 5.81. The first-order valence-corrected chi connectivity index (χ1v) is 8.31. The number of amides is 1. The van der Waals surface area contributed by atoms with Crippen molar-refractivity contribution in [2.45, 2.75) is 6.42 Å². The number of carbonyl (C=O) groups excluding carboxylic acids is 2. The molecule has 0 spiro atoms. The molecule has 0 aliphatic carbocycles. The zero-order valence-corrected chi connectivity index (χ0v) is 15.3. The molecular formula is C19H20ClNO5. The fourth-order valence-electron chi connectivity index (χ4n) is 2.24. The molecule has 6 nitrogen and oxygen atoms in total. The smallest absolute Gasteiger partial charge is 0.342 e. The van der Waals surface area contributed by atoms with Crippen LogP contribution in [0.3, 0.4) is 0 Å². The van der Waals surface area contributed by atoms with Crippen molar-refractivity contribution in [2.75, 3.05) is 27.4 Å². The van der Waals surface area contributed by atoms with E-state index in [2.05, 4.69) is 5.32 Å². The molecule has 2 aromatic rings. The zero-order valence-electron chi connectivity index (χ0n) is 14.6. The molecule has 0 radical (unpaired) electrons. The summed E-state index contributed by atoms with van der Waals surface area (Å²) in [5, 5.41) is 3.08. The zero-order chi connectivity index (χ0) is 18.9. The Balaban J connectivity index is 1.77. The minimum absolute atomic E-state index is 0.172. The summed E-state index contributed by atoms with van der Waals surface area (Å²) in [5.74, 6) is 0.0583. The van der Waals surface area contributed by atoms with Crippen LogP contribution in [0.5, 0.6) is 11.5 Å². The molecule has 1 N–H and O–H groups in total. The van der Waals surface area contributed by atoms with E-state index in [1.807, 2.05) is 24.3 Å². The summed E-state index contributed by atoms with van der Waals surface area (Å²) in [6.07, 6.45) is 0.659. The van der Waals surface area contributed by atoms with Crippen molar-refractivity contribution in [1.29, 1.82) is 0 Å². The van der Waals surface area contributed by atoms with Crippen LogP contribution >= 0.6 is 11.6 Å². The van der Waals surface area contributed by atoms with Gasteiger partial charge >= 0.3 is 5.97 Å². The fraction of sp³-hybridized carbons (Fsp3) is 0.263. The summed E-state index contributed by atoms with van der Waals surface area (Å²) < 4.78 is 15.2. The highest BCUT2D eigenvalue weighted by Crippen LogP contribution is 2.23. The van der Waals surface area contributed by atoms with Gasteiger partial charge in [-0.05, 0) is 42.3 Å². The topological polar surface area (TPSA) is 73.9 Å². The van der Waals surface area contributed by atoms with E-state index < -0.39 is 5.97 Å². The van der Waals surface area contributed by atoms with Crippen LogP contribution in [-0.2, 0) is 16.0 Å². The third-order valence-electron chi connectivity index (χ3n) is 3.61. The maximum atomic E-state index is 12.1. The Morgan fingerprint density at radius 2 is 1.77 bits per heavy atom. The number of benzene rings is 2. The van der Waals surface area contributed by atoms with Gasteiger partial charge in [-0.3, -0.25) is 4.79 Å². The normalized spacial score (nSPS) is 10.1. The van der Waals surface area contributed by atoms with Gasteiger partial charge in [0.05, 0.1) is 14.2 Å². The van der Waals surface area contributed by atoms with E-state index >= 15 is 0 Å². The number of halogens is 1. The number of esters is 1. The quantitative estimate of drug-likeness (QED) is 0.716. The van der Waals surface area contributed by atoms with Gasteiger partial charge in [0.2, 0.25) is 0 Å². The third-order valence-corrected chi connectivity index (χ3v) is 3.85. The summed E-state index contributed by atoms with van der Waals surface area (Å²) in [6.45, 7) is 0.0559. The Hall–Kier alpha value is -2.73. The summed E-state index contributed by atoms with van der Waals surface area (Å²) >= 11 is 5.88. The molecule has 0 aliphatic heterocycles. The third kappa shape index (κ3) is 5.67. The van der Waals surface area contributed by atoms with Gasteiger partial charge in [0.1, 0.15) is 17.1 Å². The predicted octanol–water partition coefficient (Wildman–Crippen LogP) is 2.87. The van der Waals surface area contributed by atoms with Crippen LogP contribution < -0.4 is 14.8 Å². The van der Waals surface area contributed by atoms with Crippen LogP contribution in [0.15, 0.2) is 42.5 Å². The van der Waals surface area contributed by atoms with Gasteiger partial charge in [0, 0.05) is 11.6 Å². The molecule has 0 heterocycles. The summed E-state index contributed by atoms with van der Waals surface area (Å²) in [4.78, 5) is 23.9. The second-order valence-electron chi connectivity index (χ2n) is 5.37. The van der Waals surface area contributed by atoms with Crippen LogP contribution in [0, 0.1) is 0 Å². The molecule has 0 fully saturated rings. The molecular weight excluding hydrogens is 358 g/mol. The van der Waals surface area contributed by atoms with Crippen molar-refractivity contribution in [1.82, 2.24) is 5.32 Å². The SMILES string of the molecule is COc1ccc(CCNC(=O)COC(=O)c2cc(Cl)ccc2OC)cc1. The molecule has 2 aromatic carbocycles. The van der Waals surface area contributed by atoms with Gasteiger partial charge in [-0.25, -0.2) is 4.79 Å². The first kappa shape index (κ1) is 19.6. The van der Waals surface area contributed by atoms with Crippen molar-refractivity contribution in [3.8, 4) is 11.5 Å². The van der Waals surface area contributed by atoms with Gasteiger partial charge in [0.15, 0.2) is 6.61 Å². The lowest BCUT2D eigenvalue weighted by atomic mass is 10.1. The number of carbonyl (C=O) groups is 2. The van der Waals surface area contributed by atoms with Gasteiger partial charge in [-0.15, -0.1) is 0 Å². The molecule has 0 saturated carbocycles. The van der Waals surface area contributed by atoms with E-state index in [4.69, 9.17) is 25.8 Å². The molecule has 0 unspecified atom stereocenters. The molecule has 0 saturated heterocycles. The van der Waals surface area contributed by atoms with Gasteiger partial charge in [-0.2, -0.15) is 0 Å². The molecule has 1 amide bonds. The summed E-state index contributed by atoms with van der Waals surface area (Å²) in [7, 11) is 3.04. The van der Waals surface area contributed by atoms with Gasteiger partial charge < -0.3 is 19.5 Å². The minimum atomic E-state index is -0.672. The monoisotopic (exact) mass is 377 g/mol. The molecule has 2 rings (SSSR count). The molecule has 0 aromatic heterocycles. The lowest BCUT2D eigenvalue weighted by molar-refractivity contribution is -0.124. The van der Waals surface area contributed by atoms with Crippen LogP contribution in [0.2, 0.25) is 5.02 Å². The number of rotatable bonds is 8. The van der Waals surface area contributed by atoms with Crippen molar-refractivity contribution in [2.24, 2.45) is 0 Å². The van der Waals surface area contributed by atoms with Gasteiger partial charge in [-0.1, -0.05) is 23.7 Å². The Kier molecular flexibility index (Phi) is 7.29. The average molecular weight is 378 g/mol. The van der Waals surface area contributed by atoms with E-state index in [-0.39, 0.29) is 18.1 Å². The predicted molar refractivity (Wildman–Crippen MR) is 98.0 cm³/mol. The number of ether oxygens (including phenoxy) is 3. The molecule has 0 aliphatic rings. The molecule has 7 heteroatoms. The van der Waals surface area contributed by atoms with E-state index in [9.17, 15) is 9.59 Å². The Bertz CT molecular complexity index is 761. The Morgan fingerprint density at radius 3 is 2.42 bits per heavy atom. The van der Waals surface area contributed by atoms with Crippen molar-refractivity contribution in [3.05, 3.63) is 58.6 Å².